The fraction of sp³-hybridized carbons (Fsp3) is 0.643. The lowest BCUT2D eigenvalue weighted by molar-refractivity contribution is -0.139. The van der Waals surface area contributed by atoms with Crippen LogP contribution in [-0.4, -0.2) is 47.9 Å². The summed E-state index contributed by atoms with van der Waals surface area (Å²) in [4.78, 5) is 48.6. The van der Waals surface area contributed by atoms with Gasteiger partial charge < -0.3 is 29.8 Å². The minimum Gasteiger partial charge on any atom is -0.480 e. The number of rotatable bonds is 15. The number of carboxylic acid groups (broad SMARTS) is 1. The molecule has 0 amide bonds. The molecule has 10 heteroatoms. The van der Waals surface area contributed by atoms with E-state index in [9.17, 15) is 24.3 Å². The van der Waals surface area contributed by atoms with Gasteiger partial charge in [-0.05, 0) is 62.1 Å². The molecule has 38 heavy (non-hydrogen) atoms. The summed E-state index contributed by atoms with van der Waals surface area (Å²) in [6.07, 6.45) is 0.329. The van der Waals surface area contributed by atoms with Crippen molar-refractivity contribution < 1.29 is 43.2 Å². The van der Waals surface area contributed by atoms with E-state index in [1.54, 1.807) is 26.8 Å². The Morgan fingerprint density at radius 1 is 0.842 bits per heavy atom. The summed E-state index contributed by atoms with van der Waals surface area (Å²) in [5, 5.41) is 9.66. The minimum atomic E-state index is -1.36. The average Bonchev–Trinajstić information content (AvgIpc) is 2.81. The first-order valence-electron chi connectivity index (χ1n) is 13.1. The van der Waals surface area contributed by atoms with E-state index >= 15 is 0 Å². The third kappa shape index (κ3) is 11.9. The van der Waals surface area contributed by atoms with Crippen LogP contribution >= 0.6 is 0 Å². The predicted octanol–water partition coefficient (Wildman–Crippen LogP) is 5.06. The van der Waals surface area contributed by atoms with E-state index < -0.39 is 41.9 Å². The van der Waals surface area contributed by atoms with Crippen LogP contribution in [0.3, 0.4) is 0 Å². The summed E-state index contributed by atoms with van der Waals surface area (Å²) in [6, 6.07) is 3.11. The molecule has 3 N–H and O–H groups in total. The van der Waals surface area contributed by atoms with Gasteiger partial charge in [-0.3, -0.25) is 14.4 Å². The van der Waals surface area contributed by atoms with Crippen molar-refractivity contribution in [1.29, 1.82) is 0 Å². The van der Waals surface area contributed by atoms with Crippen molar-refractivity contribution in [1.82, 2.24) is 0 Å². The van der Waals surface area contributed by atoms with Gasteiger partial charge in [-0.2, -0.15) is 0 Å². The first-order chi connectivity index (χ1) is 17.7. The molecule has 0 aromatic heterocycles. The molecule has 0 saturated carbocycles. The van der Waals surface area contributed by atoms with Crippen LogP contribution in [0.15, 0.2) is 18.2 Å². The predicted molar refractivity (Wildman–Crippen MR) is 141 cm³/mol. The number of esters is 2. The zero-order chi connectivity index (χ0) is 29.0. The molecular formula is C28H43NO9. The van der Waals surface area contributed by atoms with Crippen molar-refractivity contribution in [2.75, 3.05) is 6.61 Å². The van der Waals surface area contributed by atoms with Crippen LogP contribution in [-0.2, 0) is 23.9 Å². The lowest BCUT2D eigenvalue weighted by Gasteiger charge is -2.28. The molecule has 1 aromatic rings. The maximum Gasteiger partial charge on any atom is 0.508 e. The standard InChI is InChI=1S/C28H43NO9/c1-16(2)8-12-23(30)37-21-11-10-20(14-22(21)38-24(31)13-9-17(3)4)25(26(29)27(32)33)19(7)15-35-28(34)36-18(5)6/h10-11,14,16-19,25-26H,8-9,12-13,15,29H2,1-7H3,(H,32,33)/t19?,25?,26-/m0/s1. The maximum atomic E-state index is 12.5. The van der Waals surface area contributed by atoms with Crippen LogP contribution < -0.4 is 15.2 Å². The fourth-order valence-corrected chi connectivity index (χ4v) is 3.63. The summed E-state index contributed by atoms with van der Waals surface area (Å²) in [5.41, 5.74) is 6.45. The second-order valence-electron chi connectivity index (χ2n) is 10.6. The van der Waals surface area contributed by atoms with Gasteiger partial charge in [0.05, 0.1) is 12.7 Å². The van der Waals surface area contributed by atoms with E-state index in [1.807, 2.05) is 27.7 Å². The van der Waals surface area contributed by atoms with Crippen LogP contribution in [0.5, 0.6) is 11.5 Å². The monoisotopic (exact) mass is 537 g/mol. The van der Waals surface area contributed by atoms with Gasteiger partial charge in [0, 0.05) is 18.8 Å². The summed E-state index contributed by atoms with van der Waals surface area (Å²) in [6.45, 7) is 12.8. The van der Waals surface area contributed by atoms with Gasteiger partial charge in [-0.15, -0.1) is 0 Å². The van der Waals surface area contributed by atoms with Gasteiger partial charge in [0.2, 0.25) is 0 Å². The quantitative estimate of drug-likeness (QED) is 0.229. The topological polar surface area (TPSA) is 151 Å². The Labute approximate surface area is 225 Å². The van der Waals surface area contributed by atoms with Crippen molar-refractivity contribution in [3.05, 3.63) is 23.8 Å². The Hall–Kier alpha value is -3.14. The highest BCUT2D eigenvalue weighted by molar-refractivity contribution is 5.77. The Morgan fingerprint density at radius 2 is 1.37 bits per heavy atom. The molecule has 0 radical (unpaired) electrons. The molecular weight excluding hydrogens is 494 g/mol. The van der Waals surface area contributed by atoms with E-state index in [2.05, 4.69) is 0 Å². The number of nitrogens with two attached hydrogens (primary N) is 1. The second-order valence-corrected chi connectivity index (χ2v) is 10.6. The summed E-state index contributed by atoms with van der Waals surface area (Å²) in [5.74, 6) is -3.01. The van der Waals surface area contributed by atoms with Crippen molar-refractivity contribution in [3.8, 4) is 11.5 Å². The van der Waals surface area contributed by atoms with Crippen LogP contribution in [0, 0.1) is 17.8 Å². The fourth-order valence-electron chi connectivity index (χ4n) is 3.63. The molecule has 1 rings (SSSR count). The molecule has 0 aliphatic carbocycles. The van der Waals surface area contributed by atoms with E-state index in [0.29, 0.717) is 24.3 Å². The normalized spacial score (nSPS) is 13.7. The van der Waals surface area contributed by atoms with Crippen molar-refractivity contribution >= 4 is 24.1 Å². The van der Waals surface area contributed by atoms with Gasteiger partial charge >= 0.3 is 24.1 Å². The number of carbonyl (C=O) groups is 4. The number of carboxylic acids is 1. The molecule has 1 aromatic carbocycles. The number of hydrogen-bond acceptors (Lipinski definition) is 9. The second kappa shape index (κ2) is 16.0. The number of hydrogen-bond donors (Lipinski definition) is 2. The van der Waals surface area contributed by atoms with Crippen LogP contribution in [0.2, 0.25) is 0 Å². The third-order valence-corrected chi connectivity index (χ3v) is 5.73. The van der Waals surface area contributed by atoms with Crippen LogP contribution in [0.25, 0.3) is 0 Å². The number of carbonyl (C=O) groups excluding carboxylic acids is 3. The maximum absolute atomic E-state index is 12.5. The van der Waals surface area contributed by atoms with E-state index in [-0.39, 0.29) is 43.0 Å². The van der Waals surface area contributed by atoms with Gasteiger partial charge in [-0.1, -0.05) is 40.7 Å². The summed E-state index contributed by atoms with van der Waals surface area (Å²) in [7, 11) is 0. The van der Waals surface area contributed by atoms with Crippen LogP contribution in [0.4, 0.5) is 4.79 Å². The smallest absolute Gasteiger partial charge is 0.480 e. The van der Waals surface area contributed by atoms with Crippen molar-refractivity contribution in [2.45, 2.75) is 92.2 Å². The highest BCUT2D eigenvalue weighted by atomic mass is 16.7. The SMILES string of the molecule is CC(C)CCC(=O)Oc1ccc(C(C(C)COC(=O)OC(C)C)[C@H](N)C(=O)O)cc1OC(=O)CCC(C)C. The summed E-state index contributed by atoms with van der Waals surface area (Å²) >= 11 is 0. The largest absolute Gasteiger partial charge is 0.508 e. The molecule has 0 heterocycles. The average molecular weight is 538 g/mol. The highest BCUT2D eigenvalue weighted by Gasteiger charge is 2.33. The number of aliphatic carboxylic acids is 1. The first kappa shape index (κ1) is 32.9. The lowest BCUT2D eigenvalue weighted by Crippen LogP contribution is -2.40. The zero-order valence-corrected chi connectivity index (χ0v) is 23.5. The lowest BCUT2D eigenvalue weighted by atomic mass is 9.82. The van der Waals surface area contributed by atoms with Gasteiger partial charge in [0.25, 0.3) is 0 Å². The number of ether oxygens (including phenoxy) is 4. The van der Waals surface area contributed by atoms with E-state index in [0.717, 1.165) is 0 Å². The molecule has 0 spiro atoms. The molecule has 0 fully saturated rings. The minimum absolute atomic E-state index is 0.0101. The third-order valence-electron chi connectivity index (χ3n) is 5.73. The molecule has 0 aliphatic heterocycles. The Bertz CT molecular complexity index is 942. The highest BCUT2D eigenvalue weighted by Crippen LogP contribution is 2.36. The first-order valence-corrected chi connectivity index (χ1v) is 13.1. The molecule has 214 valence electrons. The van der Waals surface area contributed by atoms with Gasteiger partial charge in [-0.25, -0.2) is 4.79 Å². The Balaban J connectivity index is 3.31. The Kier molecular flexibility index (Phi) is 13.8. The molecule has 3 atom stereocenters. The van der Waals surface area contributed by atoms with Crippen molar-refractivity contribution in [2.24, 2.45) is 23.5 Å². The molecule has 0 aliphatic rings. The molecule has 2 unspecified atom stereocenters. The summed E-state index contributed by atoms with van der Waals surface area (Å²) < 4.78 is 21.2. The van der Waals surface area contributed by atoms with Crippen molar-refractivity contribution in [3.63, 3.8) is 0 Å². The number of benzene rings is 1. The molecule has 10 nitrogen and oxygen atoms in total. The van der Waals surface area contributed by atoms with Crippen LogP contribution in [0.1, 0.15) is 85.6 Å². The molecule has 0 bridgehead atoms. The Morgan fingerprint density at radius 3 is 1.84 bits per heavy atom. The van der Waals surface area contributed by atoms with Gasteiger partial charge in [0.15, 0.2) is 11.5 Å². The zero-order valence-electron chi connectivity index (χ0n) is 23.5. The van der Waals surface area contributed by atoms with E-state index in [4.69, 9.17) is 24.7 Å². The van der Waals surface area contributed by atoms with Gasteiger partial charge in [0.1, 0.15) is 6.04 Å². The van der Waals surface area contributed by atoms with E-state index in [1.165, 1.54) is 12.1 Å². The molecule has 0 saturated heterocycles.